The molecule has 0 saturated heterocycles. The number of hydrogen-bond acceptors (Lipinski definition) is 3. The molecule has 1 aromatic rings. The zero-order valence-corrected chi connectivity index (χ0v) is 24.2. The van der Waals surface area contributed by atoms with Crippen LogP contribution in [-0.4, -0.2) is 36.3 Å². The van der Waals surface area contributed by atoms with Gasteiger partial charge in [-0.2, -0.15) is 5.10 Å². The van der Waals surface area contributed by atoms with Crippen LogP contribution in [0.5, 0.6) is 0 Å². The number of carbonyl (C=O) groups excluding carboxylic acids is 1. The number of unbranched alkanes of at least 4 members (excludes halogenated alkanes) is 7. The summed E-state index contributed by atoms with van der Waals surface area (Å²) in [5.41, 5.74) is 5.23. The first-order valence-corrected chi connectivity index (χ1v) is 14.9. The van der Waals surface area contributed by atoms with E-state index in [2.05, 4.69) is 68.9 Å². The average molecular weight is 496 g/mol. The third-order valence-corrected chi connectivity index (χ3v) is 7.58. The third kappa shape index (κ3) is 9.41. The van der Waals surface area contributed by atoms with Crippen molar-refractivity contribution in [2.24, 2.45) is 11.0 Å². The second kappa shape index (κ2) is 16.6. The maximum atomic E-state index is 13.2. The molecule has 1 aromatic carbocycles. The minimum atomic E-state index is 0.0550. The maximum absolute atomic E-state index is 13.2. The van der Waals surface area contributed by atoms with Crippen LogP contribution in [-0.2, 0) is 4.79 Å². The van der Waals surface area contributed by atoms with E-state index < -0.39 is 0 Å². The first-order chi connectivity index (χ1) is 17.4. The van der Waals surface area contributed by atoms with Crippen LogP contribution in [0.2, 0.25) is 0 Å². The molecule has 202 valence electrons. The summed E-state index contributed by atoms with van der Waals surface area (Å²) < 4.78 is 0. The molecule has 1 unspecified atom stereocenters. The van der Waals surface area contributed by atoms with E-state index in [1.807, 2.05) is 6.92 Å². The van der Waals surface area contributed by atoms with Gasteiger partial charge in [0.1, 0.15) is 0 Å². The number of rotatable bonds is 18. The summed E-state index contributed by atoms with van der Waals surface area (Å²) in [6.45, 7) is 16.1. The van der Waals surface area contributed by atoms with Gasteiger partial charge in [0.05, 0.1) is 11.3 Å². The van der Waals surface area contributed by atoms with Gasteiger partial charge < -0.3 is 4.90 Å². The molecule has 0 bridgehead atoms. The highest BCUT2D eigenvalue weighted by atomic mass is 16.2. The van der Waals surface area contributed by atoms with Gasteiger partial charge in [0, 0.05) is 25.3 Å². The second-order valence-electron chi connectivity index (χ2n) is 10.7. The highest BCUT2D eigenvalue weighted by Crippen LogP contribution is 2.26. The van der Waals surface area contributed by atoms with Crippen molar-refractivity contribution in [2.75, 3.05) is 24.5 Å². The predicted molar refractivity (Wildman–Crippen MR) is 158 cm³/mol. The smallest absolute Gasteiger partial charge is 0.275 e. The summed E-state index contributed by atoms with van der Waals surface area (Å²) in [5.74, 6) is 0.575. The first kappa shape index (κ1) is 30.1. The molecule has 1 aliphatic rings. The van der Waals surface area contributed by atoms with E-state index in [0.29, 0.717) is 5.92 Å². The number of carbonyl (C=O) groups is 1. The number of anilines is 1. The number of hydrogen-bond donors (Lipinski definition) is 0. The molecular weight excluding hydrogens is 442 g/mol. The van der Waals surface area contributed by atoms with Crippen molar-refractivity contribution in [3.8, 4) is 0 Å². The normalized spacial score (nSPS) is 15.6. The largest absolute Gasteiger partial charge is 0.372 e. The molecule has 1 aliphatic heterocycles. The van der Waals surface area contributed by atoms with E-state index in [1.54, 1.807) is 5.01 Å². The Bertz CT molecular complexity index is 845. The Morgan fingerprint density at radius 2 is 1.53 bits per heavy atom. The van der Waals surface area contributed by atoms with E-state index in [0.717, 1.165) is 42.9 Å². The predicted octanol–water partition coefficient (Wildman–Crippen LogP) is 8.78. The fourth-order valence-electron chi connectivity index (χ4n) is 5.03. The number of nitrogens with zero attached hydrogens (tertiary/aromatic N) is 3. The van der Waals surface area contributed by atoms with Crippen LogP contribution in [0.4, 0.5) is 5.69 Å². The Morgan fingerprint density at radius 1 is 0.889 bits per heavy atom. The SMILES string of the molecule is CCCCCCN(CCCCCC)c1ccc(C=C2C(=O)N(CC(CC)CCCC)N=C2C)c(C)c1. The molecule has 1 heterocycles. The molecular formula is C32H53N3O. The van der Waals surface area contributed by atoms with Gasteiger partial charge in [0.15, 0.2) is 0 Å². The van der Waals surface area contributed by atoms with Crippen LogP contribution >= 0.6 is 0 Å². The van der Waals surface area contributed by atoms with E-state index in [1.165, 1.54) is 81.9 Å². The van der Waals surface area contributed by atoms with Crippen LogP contribution in [0, 0.1) is 12.8 Å². The van der Waals surface area contributed by atoms with Crippen LogP contribution in [0.1, 0.15) is 123 Å². The summed E-state index contributed by atoms with van der Waals surface area (Å²) in [6.07, 6.45) is 17.0. The van der Waals surface area contributed by atoms with Crippen molar-refractivity contribution in [2.45, 2.75) is 119 Å². The highest BCUT2D eigenvalue weighted by molar-refractivity contribution is 6.26. The zero-order valence-electron chi connectivity index (χ0n) is 24.2. The summed E-state index contributed by atoms with van der Waals surface area (Å²) in [6, 6.07) is 6.76. The lowest BCUT2D eigenvalue weighted by molar-refractivity contribution is -0.126. The van der Waals surface area contributed by atoms with Gasteiger partial charge in [-0.3, -0.25) is 4.79 Å². The van der Waals surface area contributed by atoms with Crippen molar-refractivity contribution in [1.29, 1.82) is 0 Å². The van der Waals surface area contributed by atoms with Crippen LogP contribution < -0.4 is 4.90 Å². The van der Waals surface area contributed by atoms with Gasteiger partial charge in [-0.25, -0.2) is 5.01 Å². The topological polar surface area (TPSA) is 35.9 Å². The van der Waals surface area contributed by atoms with E-state index in [-0.39, 0.29) is 5.91 Å². The van der Waals surface area contributed by atoms with Gasteiger partial charge in [-0.15, -0.1) is 0 Å². The van der Waals surface area contributed by atoms with Crippen molar-refractivity contribution >= 4 is 23.4 Å². The fourth-order valence-corrected chi connectivity index (χ4v) is 5.03. The first-order valence-electron chi connectivity index (χ1n) is 14.9. The number of hydrazone groups is 1. The van der Waals surface area contributed by atoms with Crippen LogP contribution in [0.15, 0.2) is 28.9 Å². The lowest BCUT2D eigenvalue weighted by Crippen LogP contribution is -2.28. The van der Waals surface area contributed by atoms with Crippen LogP contribution in [0.25, 0.3) is 6.08 Å². The average Bonchev–Trinajstić information content (AvgIpc) is 3.13. The van der Waals surface area contributed by atoms with Crippen LogP contribution in [0.3, 0.4) is 0 Å². The van der Waals surface area contributed by atoms with Crippen molar-refractivity contribution in [3.05, 3.63) is 34.9 Å². The molecule has 2 rings (SSSR count). The molecule has 0 aliphatic carbocycles. The van der Waals surface area contributed by atoms with E-state index in [9.17, 15) is 4.79 Å². The quantitative estimate of drug-likeness (QED) is 0.151. The summed E-state index contributed by atoms with van der Waals surface area (Å²) in [4.78, 5) is 15.8. The minimum Gasteiger partial charge on any atom is -0.372 e. The minimum absolute atomic E-state index is 0.0550. The lowest BCUT2D eigenvalue weighted by Gasteiger charge is -2.26. The molecule has 0 N–H and O–H groups in total. The fraction of sp³-hybridized carbons (Fsp3) is 0.688. The van der Waals surface area contributed by atoms with Gasteiger partial charge in [0.25, 0.3) is 5.91 Å². The lowest BCUT2D eigenvalue weighted by atomic mass is 9.98. The summed E-state index contributed by atoms with van der Waals surface area (Å²) >= 11 is 0. The standard InChI is InChI=1S/C32H53N3O/c1-7-11-14-16-21-34(22-17-15-12-8-2)30-20-19-29(26(5)23-30)24-31-27(6)33-35(32(31)36)25-28(10-4)18-13-9-3/h19-20,23-24,28H,7-18,21-22,25H2,1-6H3. The second-order valence-corrected chi connectivity index (χ2v) is 10.7. The van der Waals surface area contributed by atoms with Gasteiger partial charge in [-0.05, 0) is 68.4 Å². The Morgan fingerprint density at radius 3 is 2.08 bits per heavy atom. The monoisotopic (exact) mass is 495 g/mol. The molecule has 0 saturated carbocycles. The number of aryl methyl sites for hydroxylation is 1. The van der Waals surface area contributed by atoms with E-state index in [4.69, 9.17) is 0 Å². The Balaban J connectivity index is 2.13. The molecule has 1 amide bonds. The highest BCUT2D eigenvalue weighted by Gasteiger charge is 2.29. The molecule has 0 radical (unpaired) electrons. The van der Waals surface area contributed by atoms with Gasteiger partial charge >= 0.3 is 0 Å². The summed E-state index contributed by atoms with van der Waals surface area (Å²) in [5, 5.41) is 6.35. The Kier molecular flexibility index (Phi) is 13.9. The van der Waals surface area contributed by atoms with E-state index >= 15 is 0 Å². The maximum Gasteiger partial charge on any atom is 0.275 e. The molecule has 0 aromatic heterocycles. The van der Waals surface area contributed by atoms with Crippen molar-refractivity contribution in [3.63, 3.8) is 0 Å². The van der Waals surface area contributed by atoms with Crippen molar-refractivity contribution < 1.29 is 4.79 Å². The molecule has 4 heteroatoms. The molecule has 4 nitrogen and oxygen atoms in total. The number of benzene rings is 1. The molecule has 1 atom stereocenters. The molecule has 0 spiro atoms. The summed E-state index contributed by atoms with van der Waals surface area (Å²) in [7, 11) is 0. The molecule has 36 heavy (non-hydrogen) atoms. The molecule has 0 fully saturated rings. The Labute approximate surface area is 222 Å². The zero-order chi connectivity index (χ0) is 26.3. The van der Waals surface area contributed by atoms with Gasteiger partial charge in [0.2, 0.25) is 0 Å². The Hall–Kier alpha value is -2.10. The number of amides is 1. The third-order valence-electron chi connectivity index (χ3n) is 7.58. The van der Waals surface area contributed by atoms with Crippen molar-refractivity contribution in [1.82, 2.24) is 5.01 Å². The van der Waals surface area contributed by atoms with Gasteiger partial charge in [-0.1, -0.05) is 91.5 Å².